The number of hydrogen-bond acceptors (Lipinski definition) is 5. The number of carbonyl (C=O) groups excluding carboxylic acids is 1. The van der Waals surface area contributed by atoms with Crippen LogP contribution < -0.4 is 20.5 Å². The standard InChI is InChI=1S/C14H20N2O4/c1-9(2)7-18-3-4-19-12-6-11-13(5-10(12)15)20-8-14(17)16-11/h5-6,9H,3-4,7-8,15H2,1-2H3,(H,16,17). The van der Waals surface area contributed by atoms with Crippen LogP contribution in [-0.4, -0.2) is 32.3 Å². The Labute approximate surface area is 118 Å². The number of carbonyl (C=O) groups is 1. The molecular formula is C14H20N2O4. The molecule has 3 N–H and O–H groups in total. The van der Waals surface area contributed by atoms with Gasteiger partial charge in [0.15, 0.2) is 6.61 Å². The van der Waals surface area contributed by atoms with Gasteiger partial charge in [-0.1, -0.05) is 13.8 Å². The predicted molar refractivity (Wildman–Crippen MR) is 76.1 cm³/mol. The van der Waals surface area contributed by atoms with Gasteiger partial charge in [0, 0.05) is 18.7 Å². The molecule has 0 bridgehead atoms. The third-order valence-corrected chi connectivity index (χ3v) is 2.68. The van der Waals surface area contributed by atoms with E-state index in [2.05, 4.69) is 19.2 Å². The Morgan fingerprint density at radius 1 is 1.40 bits per heavy atom. The molecule has 1 aliphatic rings. The first-order chi connectivity index (χ1) is 9.56. The minimum absolute atomic E-state index is 0.00961. The largest absolute Gasteiger partial charge is 0.489 e. The third kappa shape index (κ3) is 3.77. The quantitative estimate of drug-likeness (QED) is 0.611. The van der Waals surface area contributed by atoms with E-state index >= 15 is 0 Å². The van der Waals surface area contributed by atoms with E-state index in [9.17, 15) is 4.79 Å². The summed E-state index contributed by atoms with van der Waals surface area (Å²) in [6.45, 7) is 5.79. The highest BCUT2D eigenvalue weighted by Crippen LogP contribution is 2.36. The molecule has 1 aromatic rings. The Morgan fingerprint density at radius 3 is 2.95 bits per heavy atom. The zero-order chi connectivity index (χ0) is 14.5. The fourth-order valence-electron chi connectivity index (χ4n) is 1.78. The fraction of sp³-hybridized carbons (Fsp3) is 0.500. The molecule has 1 aromatic carbocycles. The summed E-state index contributed by atoms with van der Waals surface area (Å²) in [7, 11) is 0. The highest BCUT2D eigenvalue weighted by molar-refractivity contribution is 5.96. The molecule has 1 aliphatic heterocycles. The third-order valence-electron chi connectivity index (χ3n) is 2.68. The Balaban J connectivity index is 1.91. The van der Waals surface area contributed by atoms with Crippen molar-refractivity contribution in [1.29, 1.82) is 0 Å². The van der Waals surface area contributed by atoms with Gasteiger partial charge in [0.1, 0.15) is 18.1 Å². The molecule has 1 amide bonds. The molecule has 6 heteroatoms. The van der Waals surface area contributed by atoms with Crippen LogP contribution in [0.1, 0.15) is 13.8 Å². The van der Waals surface area contributed by atoms with Crippen molar-refractivity contribution < 1.29 is 19.0 Å². The molecule has 0 saturated heterocycles. The van der Waals surface area contributed by atoms with Gasteiger partial charge < -0.3 is 25.3 Å². The number of fused-ring (bicyclic) bond motifs is 1. The average molecular weight is 280 g/mol. The van der Waals surface area contributed by atoms with Crippen LogP contribution in [0.2, 0.25) is 0 Å². The molecule has 0 saturated carbocycles. The van der Waals surface area contributed by atoms with E-state index in [0.717, 1.165) is 0 Å². The average Bonchev–Trinajstić information content (AvgIpc) is 2.39. The van der Waals surface area contributed by atoms with Crippen LogP contribution in [-0.2, 0) is 9.53 Å². The molecule has 1 heterocycles. The van der Waals surface area contributed by atoms with Crippen molar-refractivity contribution in [3.63, 3.8) is 0 Å². The van der Waals surface area contributed by atoms with Crippen LogP contribution >= 0.6 is 0 Å². The zero-order valence-electron chi connectivity index (χ0n) is 11.8. The van der Waals surface area contributed by atoms with Crippen molar-refractivity contribution in [3.8, 4) is 11.5 Å². The van der Waals surface area contributed by atoms with E-state index in [4.69, 9.17) is 19.9 Å². The summed E-state index contributed by atoms with van der Waals surface area (Å²) >= 11 is 0. The number of nitrogen functional groups attached to an aromatic ring is 1. The van der Waals surface area contributed by atoms with Crippen LogP contribution in [0.3, 0.4) is 0 Å². The second kappa shape index (κ2) is 6.47. The van der Waals surface area contributed by atoms with Gasteiger partial charge in [0.25, 0.3) is 5.91 Å². The lowest BCUT2D eigenvalue weighted by Gasteiger charge is -2.20. The second-order valence-corrected chi connectivity index (χ2v) is 5.04. The van der Waals surface area contributed by atoms with Gasteiger partial charge in [-0.3, -0.25) is 4.79 Å². The molecular weight excluding hydrogens is 260 g/mol. The second-order valence-electron chi connectivity index (χ2n) is 5.04. The molecule has 6 nitrogen and oxygen atoms in total. The van der Waals surface area contributed by atoms with Crippen molar-refractivity contribution in [2.24, 2.45) is 5.92 Å². The van der Waals surface area contributed by atoms with Gasteiger partial charge in [-0.25, -0.2) is 0 Å². The minimum atomic E-state index is -0.187. The Morgan fingerprint density at radius 2 is 2.20 bits per heavy atom. The van der Waals surface area contributed by atoms with Crippen LogP contribution in [0.5, 0.6) is 11.5 Å². The lowest BCUT2D eigenvalue weighted by Crippen LogP contribution is -2.25. The zero-order valence-corrected chi connectivity index (χ0v) is 11.8. The Hall–Kier alpha value is -1.95. The van der Waals surface area contributed by atoms with Gasteiger partial charge in [-0.05, 0) is 5.92 Å². The van der Waals surface area contributed by atoms with Gasteiger partial charge in [-0.15, -0.1) is 0 Å². The SMILES string of the molecule is CC(C)COCCOc1cc2c(cc1N)OCC(=O)N2. The van der Waals surface area contributed by atoms with Crippen LogP contribution in [0.25, 0.3) is 0 Å². The number of ether oxygens (including phenoxy) is 3. The lowest BCUT2D eigenvalue weighted by molar-refractivity contribution is -0.118. The first-order valence-electron chi connectivity index (χ1n) is 6.63. The molecule has 0 aromatic heterocycles. The normalized spacial score (nSPS) is 13.7. The van der Waals surface area contributed by atoms with Gasteiger partial charge in [0.05, 0.1) is 18.0 Å². The minimum Gasteiger partial charge on any atom is -0.489 e. The summed E-state index contributed by atoms with van der Waals surface area (Å²) < 4.78 is 16.3. The smallest absolute Gasteiger partial charge is 0.262 e. The molecule has 110 valence electrons. The maximum absolute atomic E-state index is 11.3. The lowest BCUT2D eigenvalue weighted by atomic mass is 10.2. The van der Waals surface area contributed by atoms with Crippen molar-refractivity contribution in [1.82, 2.24) is 0 Å². The molecule has 0 fully saturated rings. The highest BCUT2D eigenvalue weighted by atomic mass is 16.5. The van der Waals surface area contributed by atoms with Crippen molar-refractivity contribution in [2.45, 2.75) is 13.8 Å². The number of hydrogen-bond donors (Lipinski definition) is 2. The molecule has 20 heavy (non-hydrogen) atoms. The summed E-state index contributed by atoms with van der Waals surface area (Å²) in [5.41, 5.74) is 6.94. The Kier molecular flexibility index (Phi) is 4.68. The van der Waals surface area contributed by atoms with E-state index in [-0.39, 0.29) is 12.5 Å². The summed E-state index contributed by atoms with van der Waals surface area (Å²) in [6.07, 6.45) is 0. The first-order valence-corrected chi connectivity index (χ1v) is 6.63. The summed E-state index contributed by atoms with van der Waals surface area (Å²) in [6, 6.07) is 3.32. The predicted octanol–water partition coefficient (Wildman–Crippen LogP) is 1.65. The van der Waals surface area contributed by atoms with E-state index in [1.165, 1.54) is 0 Å². The summed E-state index contributed by atoms with van der Waals surface area (Å²) in [5, 5.41) is 2.71. The van der Waals surface area contributed by atoms with Gasteiger partial charge in [0.2, 0.25) is 0 Å². The van der Waals surface area contributed by atoms with Gasteiger partial charge >= 0.3 is 0 Å². The maximum atomic E-state index is 11.3. The van der Waals surface area contributed by atoms with Crippen molar-refractivity contribution >= 4 is 17.3 Å². The molecule has 0 aliphatic carbocycles. The summed E-state index contributed by atoms with van der Waals surface area (Å²) in [5.74, 6) is 1.39. The van der Waals surface area contributed by atoms with Crippen LogP contribution in [0.4, 0.5) is 11.4 Å². The first kappa shape index (κ1) is 14.5. The van der Waals surface area contributed by atoms with E-state index in [0.29, 0.717) is 48.6 Å². The van der Waals surface area contributed by atoms with E-state index in [1.54, 1.807) is 12.1 Å². The summed E-state index contributed by atoms with van der Waals surface area (Å²) in [4.78, 5) is 11.3. The van der Waals surface area contributed by atoms with Crippen molar-refractivity contribution in [2.75, 3.05) is 37.5 Å². The van der Waals surface area contributed by atoms with Gasteiger partial charge in [-0.2, -0.15) is 0 Å². The molecule has 2 rings (SSSR count). The van der Waals surface area contributed by atoms with Crippen LogP contribution in [0, 0.1) is 5.92 Å². The monoisotopic (exact) mass is 280 g/mol. The van der Waals surface area contributed by atoms with E-state index < -0.39 is 0 Å². The maximum Gasteiger partial charge on any atom is 0.262 e. The number of rotatable bonds is 6. The van der Waals surface area contributed by atoms with Crippen molar-refractivity contribution in [3.05, 3.63) is 12.1 Å². The van der Waals surface area contributed by atoms with Crippen LogP contribution in [0.15, 0.2) is 12.1 Å². The molecule has 0 atom stereocenters. The Bertz CT molecular complexity index is 488. The topological polar surface area (TPSA) is 82.8 Å². The number of benzene rings is 1. The fourth-order valence-corrected chi connectivity index (χ4v) is 1.78. The molecule has 0 radical (unpaired) electrons. The molecule has 0 unspecified atom stereocenters. The number of nitrogens with two attached hydrogens (primary N) is 1. The number of anilines is 2. The molecule has 0 spiro atoms. The highest BCUT2D eigenvalue weighted by Gasteiger charge is 2.18. The van der Waals surface area contributed by atoms with E-state index in [1.807, 2.05) is 0 Å². The number of nitrogens with one attached hydrogen (secondary N) is 1. The number of amides is 1.